The monoisotopic (exact) mass is 378 g/mol. The van der Waals surface area contributed by atoms with Crippen LogP contribution in [0.5, 0.6) is 5.88 Å². The fourth-order valence-corrected chi connectivity index (χ4v) is 1.82. The second-order valence-electron chi connectivity index (χ2n) is 3.00. The Morgan fingerprint density at radius 2 is 2.06 bits per heavy atom. The number of hydrogen-bond acceptors (Lipinski definition) is 3. The van der Waals surface area contributed by atoms with Gasteiger partial charge in [0.15, 0.2) is 0 Å². The first kappa shape index (κ1) is 14.9. The molecule has 0 atom stereocenters. The second-order valence-corrected chi connectivity index (χ2v) is 4.17. The van der Waals surface area contributed by atoms with Gasteiger partial charge in [0.05, 0.1) is 12.5 Å². The summed E-state index contributed by atoms with van der Waals surface area (Å²) in [5, 5.41) is 8.45. The van der Waals surface area contributed by atoms with Crippen LogP contribution in [0.3, 0.4) is 0 Å². The molecule has 0 aliphatic rings. The van der Waals surface area contributed by atoms with Gasteiger partial charge in [-0.3, -0.25) is 0 Å². The summed E-state index contributed by atoms with van der Waals surface area (Å²) in [6.07, 6.45) is -8.50. The molecule has 3 nitrogen and oxygen atoms in total. The number of nitrogens with zero attached hydrogens (tertiary/aromatic N) is 2. The third-order valence-corrected chi connectivity index (χ3v) is 2.59. The van der Waals surface area contributed by atoms with E-state index in [1.165, 1.54) is 22.6 Å². The van der Waals surface area contributed by atoms with Crippen molar-refractivity contribution in [3.8, 4) is 11.9 Å². The molecular formula is C9H4F5IN2O. The van der Waals surface area contributed by atoms with Crippen molar-refractivity contribution in [2.75, 3.05) is 0 Å². The van der Waals surface area contributed by atoms with Crippen molar-refractivity contribution in [1.29, 1.82) is 5.26 Å². The molecule has 0 aliphatic carbocycles. The zero-order valence-corrected chi connectivity index (χ0v) is 10.6. The van der Waals surface area contributed by atoms with Gasteiger partial charge in [0, 0.05) is 9.13 Å². The van der Waals surface area contributed by atoms with E-state index in [-0.39, 0.29) is 9.13 Å². The molecule has 1 aromatic rings. The zero-order chi connectivity index (χ0) is 13.9. The molecule has 0 unspecified atom stereocenters. The topological polar surface area (TPSA) is 45.9 Å². The molecule has 0 saturated carbocycles. The van der Waals surface area contributed by atoms with Crippen molar-refractivity contribution in [1.82, 2.24) is 4.98 Å². The third-order valence-electron chi connectivity index (χ3n) is 1.73. The van der Waals surface area contributed by atoms with Crippen LogP contribution >= 0.6 is 22.6 Å². The molecule has 0 N–H and O–H groups in total. The van der Waals surface area contributed by atoms with E-state index in [2.05, 4.69) is 9.72 Å². The van der Waals surface area contributed by atoms with E-state index in [0.29, 0.717) is 0 Å². The smallest absolute Gasteiger partial charge is 0.388 e. The van der Waals surface area contributed by atoms with Crippen molar-refractivity contribution in [3.63, 3.8) is 0 Å². The highest BCUT2D eigenvalue weighted by atomic mass is 127. The molecule has 1 aromatic heterocycles. The van der Waals surface area contributed by atoms with Crippen molar-refractivity contribution in [3.05, 3.63) is 20.9 Å². The molecule has 0 amide bonds. The van der Waals surface area contributed by atoms with E-state index >= 15 is 0 Å². The van der Waals surface area contributed by atoms with Crippen LogP contribution < -0.4 is 4.74 Å². The molecule has 18 heavy (non-hydrogen) atoms. The summed E-state index contributed by atoms with van der Waals surface area (Å²) in [6.45, 7) is 0. The molecule has 0 spiro atoms. The van der Waals surface area contributed by atoms with Gasteiger partial charge in [0.25, 0.3) is 6.43 Å². The number of halogens is 6. The first-order chi connectivity index (χ1) is 8.24. The highest BCUT2D eigenvalue weighted by molar-refractivity contribution is 14.1. The molecule has 0 saturated heterocycles. The minimum absolute atomic E-state index is 0.0256. The average molecular weight is 378 g/mol. The van der Waals surface area contributed by atoms with Crippen molar-refractivity contribution in [2.45, 2.75) is 19.2 Å². The summed E-state index contributed by atoms with van der Waals surface area (Å²) < 4.78 is 64.7. The standard InChI is InChI=1S/C9H4F5IN2O/c10-7(11)6-5(15)3-4(1-2-16)8(17-6)18-9(12,13)14/h3,7H,1H2. The Hall–Kier alpha value is -1.18. The summed E-state index contributed by atoms with van der Waals surface area (Å²) in [4.78, 5) is 3.12. The fraction of sp³-hybridized carbons (Fsp3) is 0.333. The van der Waals surface area contributed by atoms with E-state index < -0.39 is 30.8 Å². The molecule has 0 bridgehead atoms. The predicted molar refractivity (Wildman–Crippen MR) is 57.9 cm³/mol. The number of alkyl halides is 5. The summed E-state index contributed by atoms with van der Waals surface area (Å²) in [5.41, 5.74) is -1.000. The Morgan fingerprint density at radius 1 is 1.44 bits per heavy atom. The van der Waals surface area contributed by atoms with E-state index in [9.17, 15) is 22.0 Å². The normalized spacial score (nSPS) is 11.4. The minimum atomic E-state index is -5.05. The van der Waals surface area contributed by atoms with E-state index in [1.807, 2.05) is 0 Å². The summed E-state index contributed by atoms with van der Waals surface area (Å²) in [7, 11) is 0. The lowest BCUT2D eigenvalue weighted by atomic mass is 10.2. The van der Waals surface area contributed by atoms with Gasteiger partial charge in [-0.2, -0.15) is 5.26 Å². The van der Waals surface area contributed by atoms with Crippen LogP contribution in [0.2, 0.25) is 0 Å². The Morgan fingerprint density at radius 3 is 2.50 bits per heavy atom. The first-order valence-corrected chi connectivity index (χ1v) is 5.42. The maximum Gasteiger partial charge on any atom is 0.574 e. The highest BCUT2D eigenvalue weighted by Gasteiger charge is 2.33. The summed E-state index contributed by atoms with van der Waals surface area (Å²) >= 11 is 1.51. The van der Waals surface area contributed by atoms with Gasteiger partial charge in [-0.25, -0.2) is 13.8 Å². The Balaban J connectivity index is 3.27. The van der Waals surface area contributed by atoms with Gasteiger partial charge < -0.3 is 4.74 Å². The van der Waals surface area contributed by atoms with Crippen LogP contribution in [-0.4, -0.2) is 11.3 Å². The maximum absolute atomic E-state index is 12.5. The van der Waals surface area contributed by atoms with E-state index in [0.717, 1.165) is 6.07 Å². The Bertz CT molecular complexity index is 483. The number of rotatable bonds is 3. The van der Waals surface area contributed by atoms with Crippen LogP contribution in [0, 0.1) is 14.9 Å². The fourth-order valence-electron chi connectivity index (χ4n) is 1.09. The molecule has 0 fully saturated rings. The minimum Gasteiger partial charge on any atom is -0.388 e. The zero-order valence-electron chi connectivity index (χ0n) is 8.43. The first-order valence-electron chi connectivity index (χ1n) is 4.34. The number of hydrogen-bond donors (Lipinski definition) is 0. The second kappa shape index (κ2) is 5.64. The predicted octanol–water partition coefficient (Wildman–Crippen LogP) is 3.59. The number of pyridine rings is 1. The van der Waals surface area contributed by atoms with Crippen molar-refractivity contribution >= 4 is 22.6 Å². The van der Waals surface area contributed by atoms with Gasteiger partial charge in [-0.1, -0.05) is 0 Å². The van der Waals surface area contributed by atoms with E-state index in [4.69, 9.17) is 5.26 Å². The van der Waals surface area contributed by atoms with Crippen molar-refractivity contribution < 1.29 is 26.7 Å². The van der Waals surface area contributed by atoms with E-state index in [1.54, 1.807) is 6.07 Å². The number of nitriles is 1. The van der Waals surface area contributed by atoms with Crippen LogP contribution in [0.25, 0.3) is 0 Å². The molecule has 0 aromatic carbocycles. The van der Waals surface area contributed by atoms with Gasteiger partial charge >= 0.3 is 6.36 Å². The summed E-state index contributed by atoms with van der Waals surface area (Å²) in [5.74, 6) is -1.01. The largest absolute Gasteiger partial charge is 0.574 e. The lowest BCUT2D eigenvalue weighted by molar-refractivity contribution is -0.276. The molecule has 0 aliphatic heterocycles. The molecule has 9 heteroatoms. The maximum atomic E-state index is 12.5. The molecule has 1 heterocycles. The Kier molecular flexibility index (Phi) is 4.66. The third kappa shape index (κ3) is 3.94. The van der Waals surface area contributed by atoms with Crippen LogP contribution in [0.1, 0.15) is 17.7 Å². The SMILES string of the molecule is N#CCc1cc(I)c(C(F)F)nc1OC(F)(F)F. The quantitative estimate of drug-likeness (QED) is 0.597. The number of aromatic nitrogens is 1. The van der Waals surface area contributed by atoms with Crippen molar-refractivity contribution in [2.24, 2.45) is 0 Å². The van der Waals surface area contributed by atoms with Gasteiger partial charge in [-0.15, -0.1) is 13.2 Å². The van der Waals surface area contributed by atoms with Gasteiger partial charge in [-0.05, 0) is 28.7 Å². The molecule has 98 valence electrons. The average Bonchev–Trinajstić information content (AvgIpc) is 2.19. The van der Waals surface area contributed by atoms with Gasteiger partial charge in [0.1, 0.15) is 5.69 Å². The van der Waals surface area contributed by atoms with Crippen LogP contribution in [0.15, 0.2) is 6.07 Å². The number of ether oxygens (including phenoxy) is 1. The lowest BCUT2D eigenvalue weighted by Gasteiger charge is -2.13. The molecular weight excluding hydrogens is 374 g/mol. The summed E-state index contributed by atoms with van der Waals surface area (Å²) in [6, 6.07) is 2.64. The van der Waals surface area contributed by atoms with Crippen LogP contribution in [-0.2, 0) is 6.42 Å². The lowest BCUT2D eigenvalue weighted by Crippen LogP contribution is -2.19. The molecule has 1 rings (SSSR count). The Labute approximate surface area is 112 Å². The van der Waals surface area contributed by atoms with Crippen LogP contribution in [0.4, 0.5) is 22.0 Å². The molecule has 0 radical (unpaired) electrons. The highest BCUT2D eigenvalue weighted by Crippen LogP contribution is 2.31. The van der Waals surface area contributed by atoms with Gasteiger partial charge in [0.2, 0.25) is 5.88 Å².